The summed E-state index contributed by atoms with van der Waals surface area (Å²) in [7, 11) is 0. The van der Waals surface area contributed by atoms with Crippen molar-refractivity contribution < 1.29 is 19.1 Å². The van der Waals surface area contributed by atoms with E-state index < -0.39 is 23.7 Å². The fraction of sp³-hybridized carbons (Fsp3) is 0.273. The molecule has 0 saturated heterocycles. The maximum atomic E-state index is 13.1. The van der Waals surface area contributed by atoms with E-state index in [1.807, 2.05) is 0 Å². The van der Waals surface area contributed by atoms with Crippen LogP contribution in [-0.2, 0) is 4.79 Å². The van der Waals surface area contributed by atoms with Gasteiger partial charge in [-0.3, -0.25) is 9.59 Å². The topological polar surface area (TPSA) is 66.4 Å². The molecule has 0 aliphatic heterocycles. The van der Waals surface area contributed by atoms with Crippen LogP contribution in [-0.4, -0.2) is 23.0 Å². The second-order valence-electron chi connectivity index (χ2n) is 3.50. The molecule has 0 aromatic heterocycles. The summed E-state index contributed by atoms with van der Waals surface area (Å²) < 4.78 is 13.1. The molecule has 0 spiro atoms. The van der Waals surface area contributed by atoms with Gasteiger partial charge in [-0.25, -0.2) is 4.39 Å². The maximum Gasteiger partial charge on any atom is 0.325 e. The monoisotopic (exact) mass is 225 g/mol. The molecular formula is C11H12FNO3. The number of hydrogen-bond acceptors (Lipinski definition) is 2. The lowest BCUT2D eigenvalue weighted by molar-refractivity contribution is -0.138. The fourth-order valence-corrected chi connectivity index (χ4v) is 1.08. The summed E-state index contributed by atoms with van der Waals surface area (Å²) in [6.45, 7) is 2.92. The summed E-state index contributed by atoms with van der Waals surface area (Å²) in [5.74, 6) is -2.23. The molecule has 0 saturated carbocycles. The van der Waals surface area contributed by atoms with E-state index in [1.54, 1.807) is 6.92 Å². The third-order valence-electron chi connectivity index (χ3n) is 2.15. The second kappa shape index (κ2) is 4.74. The highest BCUT2D eigenvalue weighted by Crippen LogP contribution is 2.09. The van der Waals surface area contributed by atoms with Gasteiger partial charge in [-0.2, -0.15) is 0 Å². The van der Waals surface area contributed by atoms with E-state index in [-0.39, 0.29) is 5.56 Å². The van der Waals surface area contributed by atoms with E-state index in [0.717, 1.165) is 6.07 Å². The SMILES string of the molecule is Cc1ccc(C(=O)NC(C)C(=O)O)cc1F. The molecule has 1 aromatic carbocycles. The lowest BCUT2D eigenvalue weighted by Gasteiger charge is -2.09. The lowest BCUT2D eigenvalue weighted by Crippen LogP contribution is -2.38. The molecule has 0 aliphatic carbocycles. The van der Waals surface area contributed by atoms with Gasteiger partial charge in [0.15, 0.2) is 0 Å². The highest BCUT2D eigenvalue weighted by molar-refractivity contribution is 5.96. The van der Waals surface area contributed by atoms with Crippen LogP contribution in [0.15, 0.2) is 18.2 Å². The van der Waals surface area contributed by atoms with E-state index in [1.165, 1.54) is 19.1 Å². The van der Waals surface area contributed by atoms with E-state index in [9.17, 15) is 14.0 Å². The van der Waals surface area contributed by atoms with E-state index in [4.69, 9.17) is 5.11 Å². The number of nitrogens with one attached hydrogen (secondary N) is 1. The van der Waals surface area contributed by atoms with Crippen molar-refractivity contribution in [2.45, 2.75) is 19.9 Å². The largest absolute Gasteiger partial charge is 0.480 e. The molecule has 0 heterocycles. The summed E-state index contributed by atoms with van der Waals surface area (Å²) in [5.41, 5.74) is 0.541. The summed E-state index contributed by atoms with van der Waals surface area (Å²) in [6, 6.07) is 2.99. The number of carbonyl (C=O) groups is 2. The van der Waals surface area contributed by atoms with Gasteiger partial charge in [0.25, 0.3) is 5.91 Å². The fourth-order valence-electron chi connectivity index (χ4n) is 1.08. The van der Waals surface area contributed by atoms with E-state index in [2.05, 4.69) is 5.32 Å². The number of aliphatic carboxylic acids is 1. The molecule has 1 atom stereocenters. The normalized spacial score (nSPS) is 11.9. The summed E-state index contributed by atoms with van der Waals surface area (Å²) >= 11 is 0. The third kappa shape index (κ3) is 2.79. The Kier molecular flexibility index (Phi) is 3.60. The minimum atomic E-state index is -1.14. The zero-order valence-corrected chi connectivity index (χ0v) is 8.95. The van der Waals surface area contributed by atoms with Crippen molar-refractivity contribution in [1.29, 1.82) is 0 Å². The zero-order valence-electron chi connectivity index (χ0n) is 8.95. The van der Waals surface area contributed by atoms with E-state index >= 15 is 0 Å². The average molecular weight is 225 g/mol. The summed E-state index contributed by atoms with van der Waals surface area (Å²) in [6.07, 6.45) is 0. The van der Waals surface area contributed by atoms with Crippen LogP contribution in [0.3, 0.4) is 0 Å². The number of aryl methyl sites for hydroxylation is 1. The van der Waals surface area contributed by atoms with Crippen LogP contribution in [0.1, 0.15) is 22.8 Å². The van der Waals surface area contributed by atoms with Gasteiger partial charge in [0, 0.05) is 5.56 Å². The van der Waals surface area contributed by atoms with Crippen molar-refractivity contribution in [3.05, 3.63) is 35.1 Å². The molecule has 5 heteroatoms. The van der Waals surface area contributed by atoms with Crippen LogP contribution in [0.2, 0.25) is 0 Å². The van der Waals surface area contributed by atoms with Crippen molar-refractivity contribution in [2.75, 3.05) is 0 Å². The highest BCUT2D eigenvalue weighted by atomic mass is 19.1. The summed E-state index contributed by atoms with van der Waals surface area (Å²) in [4.78, 5) is 22.0. The van der Waals surface area contributed by atoms with Crippen LogP contribution in [0.25, 0.3) is 0 Å². The number of benzene rings is 1. The van der Waals surface area contributed by atoms with Crippen molar-refractivity contribution in [3.8, 4) is 0 Å². The van der Waals surface area contributed by atoms with Crippen LogP contribution >= 0.6 is 0 Å². The van der Waals surface area contributed by atoms with Crippen LogP contribution in [0.5, 0.6) is 0 Å². The minimum Gasteiger partial charge on any atom is -0.480 e. The Morgan fingerprint density at radius 2 is 2.06 bits per heavy atom. The molecule has 0 radical (unpaired) electrons. The quantitative estimate of drug-likeness (QED) is 0.815. The number of carboxylic acid groups (broad SMARTS) is 1. The molecule has 0 aliphatic rings. The standard InChI is InChI=1S/C11H12FNO3/c1-6-3-4-8(5-9(6)12)10(14)13-7(2)11(15)16/h3-5,7H,1-2H3,(H,13,14)(H,15,16). The number of halogens is 1. The molecule has 1 rings (SSSR count). The Labute approximate surface area is 92.1 Å². The molecular weight excluding hydrogens is 213 g/mol. The minimum absolute atomic E-state index is 0.108. The Bertz CT molecular complexity index is 431. The highest BCUT2D eigenvalue weighted by Gasteiger charge is 2.15. The van der Waals surface area contributed by atoms with Crippen LogP contribution < -0.4 is 5.32 Å². The van der Waals surface area contributed by atoms with Gasteiger partial charge < -0.3 is 10.4 Å². The van der Waals surface area contributed by atoms with Gasteiger partial charge in [-0.15, -0.1) is 0 Å². The Morgan fingerprint density at radius 1 is 1.44 bits per heavy atom. The van der Waals surface area contributed by atoms with Gasteiger partial charge in [0.05, 0.1) is 0 Å². The maximum absolute atomic E-state index is 13.1. The van der Waals surface area contributed by atoms with Crippen molar-refractivity contribution in [3.63, 3.8) is 0 Å². The first-order valence-corrected chi connectivity index (χ1v) is 4.71. The third-order valence-corrected chi connectivity index (χ3v) is 2.15. The first kappa shape index (κ1) is 12.2. The molecule has 86 valence electrons. The number of amides is 1. The van der Waals surface area contributed by atoms with E-state index in [0.29, 0.717) is 5.56 Å². The lowest BCUT2D eigenvalue weighted by atomic mass is 10.1. The Morgan fingerprint density at radius 3 is 2.56 bits per heavy atom. The van der Waals surface area contributed by atoms with Gasteiger partial charge >= 0.3 is 5.97 Å². The number of rotatable bonds is 3. The first-order chi connectivity index (χ1) is 7.41. The Hall–Kier alpha value is -1.91. The number of hydrogen-bond donors (Lipinski definition) is 2. The average Bonchev–Trinajstić information content (AvgIpc) is 2.21. The Balaban J connectivity index is 2.81. The second-order valence-corrected chi connectivity index (χ2v) is 3.50. The molecule has 1 amide bonds. The smallest absolute Gasteiger partial charge is 0.325 e. The van der Waals surface area contributed by atoms with Gasteiger partial charge in [0.2, 0.25) is 0 Å². The van der Waals surface area contributed by atoms with Crippen LogP contribution in [0, 0.1) is 12.7 Å². The molecule has 16 heavy (non-hydrogen) atoms. The molecule has 4 nitrogen and oxygen atoms in total. The van der Waals surface area contributed by atoms with Gasteiger partial charge in [0.1, 0.15) is 11.9 Å². The zero-order chi connectivity index (χ0) is 12.3. The predicted molar refractivity (Wildman–Crippen MR) is 55.7 cm³/mol. The molecule has 0 fully saturated rings. The van der Waals surface area contributed by atoms with Gasteiger partial charge in [-0.05, 0) is 31.5 Å². The van der Waals surface area contributed by atoms with Crippen molar-refractivity contribution in [1.82, 2.24) is 5.32 Å². The molecule has 1 unspecified atom stereocenters. The van der Waals surface area contributed by atoms with Gasteiger partial charge in [-0.1, -0.05) is 6.07 Å². The number of carboxylic acids is 1. The molecule has 2 N–H and O–H groups in total. The summed E-state index contributed by atoms with van der Waals surface area (Å²) in [5, 5.41) is 10.8. The molecule has 0 bridgehead atoms. The van der Waals surface area contributed by atoms with Crippen molar-refractivity contribution in [2.24, 2.45) is 0 Å². The van der Waals surface area contributed by atoms with Crippen LogP contribution in [0.4, 0.5) is 4.39 Å². The molecule has 1 aromatic rings. The first-order valence-electron chi connectivity index (χ1n) is 4.71. The predicted octanol–water partition coefficient (Wildman–Crippen LogP) is 1.34. The van der Waals surface area contributed by atoms with Crippen molar-refractivity contribution >= 4 is 11.9 Å². The number of carbonyl (C=O) groups excluding carboxylic acids is 1.